The summed E-state index contributed by atoms with van der Waals surface area (Å²) in [5, 5.41) is 28.3. The third kappa shape index (κ3) is 17.2. The van der Waals surface area contributed by atoms with Crippen molar-refractivity contribution in [3.05, 3.63) is 0 Å². The first-order valence-corrected chi connectivity index (χ1v) is 10.6. The molecule has 0 radical (unpaired) electrons. The lowest BCUT2D eigenvalue weighted by Gasteiger charge is -2.24. The maximum absolute atomic E-state index is 10.5. The summed E-state index contributed by atoms with van der Waals surface area (Å²) in [7, 11) is 0. The Labute approximate surface area is 183 Å². The third-order valence-corrected chi connectivity index (χ3v) is 5.02. The van der Waals surface area contributed by atoms with Crippen molar-refractivity contribution in [3.8, 4) is 0 Å². The normalized spacial score (nSPS) is 17.5. The number of carboxylic acid groups (broad SMARTS) is 3. The van der Waals surface area contributed by atoms with Gasteiger partial charge in [0.25, 0.3) is 0 Å². The Morgan fingerprint density at radius 1 is 0.935 bits per heavy atom. The Kier molecular flexibility index (Phi) is 17.4. The number of rotatable bonds is 10. The number of aliphatic carboxylic acids is 3. The molecule has 1 amide bonds. The van der Waals surface area contributed by atoms with E-state index in [-0.39, 0.29) is 18.8 Å². The van der Waals surface area contributed by atoms with Crippen molar-refractivity contribution >= 4 is 23.8 Å². The molecule has 0 unspecified atom stereocenters. The van der Waals surface area contributed by atoms with Gasteiger partial charge >= 0.3 is 17.9 Å². The van der Waals surface area contributed by atoms with Crippen LogP contribution in [0.3, 0.4) is 0 Å². The molecule has 0 bridgehead atoms. The smallest absolute Gasteiger partial charge is 0.320 e. The molecule has 31 heavy (non-hydrogen) atoms. The summed E-state index contributed by atoms with van der Waals surface area (Å²) in [5.41, 5.74) is 15.1. The van der Waals surface area contributed by atoms with Crippen LogP contribution in [-0.2, 0) is 19.2 Å². The van der Waals surface area contributed by atoms with Gasteiger partial charge in [0.1, 0.15) is 18.1 Å². The van der Waals surface area contributed by atoms with Gasteiger partial charge in [-0.1, -0.05) is 39.5 Å². The van der Waals surface area contributed by atoms with Crippen molar-refractivity contribution in [3.63, 3.8) is 0 Å². The quantitative estimate of drug-likeness (QED) is 0.245. The maximum Gasteiger partial charge on any atom is 0.320 e. The second kappa shape index (κ2) is 17.4. The van der Waals surface area contributed by atoms with Crippen LogP contribution in [0.2, 0.25) is 0 Å². The number of nitrogens with two attached hydrogens (primary N) is 3. The molecule has 0 aliphatic heterocycles. The van der Waals surface area contributed by atoms with Crippen LogP contribution in [0.25, 0.3) is 0 Å². The second-order valence-electron chi connectivity index (χ2n) is 7.76. The van der Waals surface area contributed by atoms with Gasteiger partial charge in [-0.15, -0.1) is 0 Å². The zero-order valence-electron chi connectivity index (χ0n) is 18.8. The van der Waals surface area contributed by atoms with E-state index in [0.29, 0.717) is 6.04 Å². The van der Waals surface area contributed by atoms with Gasteiger partial charge in [0.05, 0.1) is 0 Å². The summed E-state index contributed by atoms with van der Waals surface area (Å²) in [6.45, 7) is 5.46. The summed E-state index contributed by atoms with van der Waals surface area (Å²) in [5.74, 6) is -3.23. The Morgan fingerprint density at radius 3 is 1.77 bits per heavy atom. The summed E-state index contributed by atoms with van der Waals surface area (Å²) >= 11 is 0. The number of amides is 1. The average molecular weight is 449 g/mol. The lowest BCUT2D eigenvalue weighted by Crippen LogP contribution is -2.42. The molecule has 0 aromatic carbocycles. The molecule has 10 N–H and O–H groups in total. The molecule has 0 saturated heterocycles. The zero-order valence-corrected chi connectivity index (χ0v) is 18.8. The average Bonchev–Trinajstić information content (AvgIpc) is 2.72. The van der Waals surface area contributed by atoms with Crippen molar-refractivity contribution in [2.45, 2.75) is 96.3 Å². The molecule has 0 aromatic rings. The van der Waals surface area contributed by atoms with E-state index in [1.54, 1.807) is 6.92 Å². The van der Waals surface area contributed by atoms with Crippen LogP contribution in [0, 0.1) is 5.92 Å². The minimum absolute atomic E-state index is 0.0213. The summed E-state index contributed by atoms with van der Waals surface area (Å²) in [6, 6.07) is -1.64. The van der Waals surface area contributed by atoms with Gasteiger partial charge in [-0.25, -0.2) is 0 Å². The van der Waals surface area contributed by atoms with Crippen LogP contribution in [0.15, 0.2) is 0 Å². The number of carbonyl (C=O) groups excluding carboxylic acids is 1. The molecular weight excluding hydrogens is 408 g/mol. The van der Waals surface area contributed by atoms with Gasteiger partial charge in [-0.3, -0.25) is 19.2 Å². The molecule has 0 heterocycles. The highest BCUT2D eigenvalue weighted by Crippen LogP contribution is 2.17. The second-order valence-corrected chi connectivity index (χ2v) is 7.76. The summed E-state index contributed by atoms with van der Waals surface area (Å²) in [4.78, 5) is 40.8. The van der Waals surface area contributed by atoms with E-state index in [1.807, 2.05) is 13.8 Å². The topological polar surface area (TPSA) is 219 Å². The predicted octanol–water partition coefficient (Wildman–Crippen LogP) is 0.490. The van der Waals surface area contributed by atoms with E-state index in [4.69, 9.17) is 32.5 Å². The first-order chi connectivity index (χ1) is 14.3. The van der Waals surface area contributed by atoms with Gasteiger partial charge in [-0.2, -0.15) is 0 Å². The molecule has 1 fully saturated rings. The van der Waals surface area contributed by atoms with Crippen LogP contribution in [-0.4, -0.2) is 63.3 Å². The molecule has 182 valence electrons. The summed E-state index contributed by atoms with van der Waals surface area (Å²) < 4.78 is 0. The zero-order chi connectivity index (χ0) is 24.6. The van der Waals surface area contributed by atoms with Crippen molar-refractivity contribution < 1.29 is 34.5 Å². The molecule has 11 nitrogen and oxygen atoms in total. The van der Waals surface area contributed by atoms with E-state index in [2.05, 4.69) is 5.32 Å². The van der Waals surface area contributed by atoms with Crippen LogP contribution < -0.4 is 22.5 Å². The Hall–Kier alpha value is -2.24. The first-order valence-electron chi connectivity index (χ1n) is 10.6. The van der Waals surface area contributed by atoms with Gasteiger partial charge in [-0.05, 0) is 32.1 Å². The fraction of sp³-hybridized carbons (Fsp3) is 0.800. The number of carboxylic acids is 3. The highest BCUT2D eigenvalue weighted by atomic mass is 16.4. The molecule has 0 spiro atoms. The third-order valence-electron chi connectivity index (χ3n) is 5.02. The minimum Gasteiger partial charge on any atom is -0.480 e. The maximum atomic E-state index is 10.5. The monoisotopic (exact) mass is 448 g/mol. The molecule has 0 aromatic heterocycles. The molecule has 4 atom stereocenters. The van der Waals surface area contributed by atoms with Crippen LogP contribution in [0.4, 0.5) is 0 Å². The molecule has 1 aliphatic rings. The van der Waals surface area contributed by atoms with Gasteiger partial charge in [0.15, 0.2) is 0 Å². The van der Waals surface area contributed by atoms with E-state index in [1.165, 1.54) is 19.3 Å². The van der Waals surface area contributed by atoms with Crippen molar-refractivity contribution in [1.29, 1.82) is 0 Å². The summed E-state index contributed by atoms with van der Waals surface area (Å²) in [6.07, 6.45) is 6.99. The van der Waals surface area contributed by atoms with Crippen molar-refractivity contribution in [2.24, 2.45) is 23.1 Å². The number of primary amides is 1. The van der Waals surface area contributed by atoms with Gasteiger partial charge < -0.3 is 37.8 Å². The largest absolute Gasteiger partial charge is 0.480 e. The Bertz CT molecular complexity index is 554. The fourth-order valence-corrected chi connectivity index (χ4v) is 2.61. The highest BCUT2D eigenvalue weighted by molar-refractivity contribution is 5.77. The van der Waals surface area contributed by atoms with Crippen LogP contribution in [0.5, 0.6) is 0 Å². The van der Waals surface area contributed by atoms with Gasteiger partial charge in [0, 0.05) is 12.5 Å². The van der Waals surface area contributed by atoms with E-state index < -0.39 is 41.9 Å². The highest BCUT2D eigenvalue weighted by Gasteiger charge is 2.19. The minimum atomic E-state index is -1.11. The molecule has 1 rings (SSSR count). The van der Waals surface area contributed by atoms with Crippen LogP contribution >= 0.6 is 0 Å². The standard InChI is InChI=1S/C9H17NO2.C6H13NO2.C5H10N2O3/c1-7(9(11)12)10-8-5-3-2-4-6-8;1-3-4(2)5(7)6(8)9;6-3(5(9)10)1-2-4(7)8/h7-8,10H,2-6H2,1H3,(H,11,12);4-5H,3,7H2,1-2H3,(H,8,9);3H,1-2,6H2,(H2,7,8)(H,9,10)/t7-;4-,5-;3-/m000/s1. The predicted molar refractivity (Wildman–Crippen MR) is 116 cm³/mol. The molecule has 11 heteroatoms. The SMILES string of the molecule is CC[C@H](C)[C@H](N)C(=O)O.C[C@H](NC1CCCCC1)C(=O)O.NC(=O)CC[C@H](N)C(=O)O. The number of hydrogen-bond donors (Lipinski definition) is 7. The Balaban J connectivity index is 0. The lowest BCUT2D eigenvalue weighted by molar-refractivity contribution is -0.140. The van der Waals surface area contributed by atoms with Crippen molar-refractivity contribution in [1.82, 2.24) is 5.32 Å². The number of nitrogens with one attached hydrogen (secondary N) is 1. The first kappa shape index (κ1) is 30.9. The number of carbonyl (C=O) groups is 4. The van der Waals surface area contributed by atoms with E-state index >= 15 is 0 Å². The molecular formula is C20H40N4O7. The van der Waals surface area contributed by atoms with Crippen LogP contribution in [0.1, 0.15) is 72.1 Å². The van der Waals surface area contributed by atoms with E-state index in [9.17, 15) is 19.2 Å². The molecule has 1 saturated carbocycles. The lowest BCUT2D eigenvalue weighted by atomic mass is 9.95. The Morgan fingerprint density at radius 2 is 1.45 bits per heavy atom. The van der Waals surface area contributed by atoms with Gasteiger partial charge in [0.2, 0.25) is 5.91 Å². The number of hydrogen-bond acceptors (Lipinski definition) is 7. The van der Waals surface area contributed by atoms with E-state index in [0.717, 1.165) is 19.3 Å². The van der Waals surface area contributed by atoms with Crippen molar-refractivity contribution in [2.75, 3.05) is 0 Å². The molecule has 1 aliphatic carbocycles. The fourth-order valence-electron chi connectivity index (χ4n) is 2.61.